The van der Waals surface area contributed by atoms with Crippen LogP contribution >= 0.6 is 0 Å². The molecule has 0 aromatic heterocycles. The number of nitrogens with zero attached hydrogens (tertiary/aromatic N) is 2. The second kappa shape index (κ2) is 9.66. The van der Waals surface area contributed by atoms with Crippen molar-refractivity contribution in [2.75, 3.05) is 53.0 Å². The van der Waals surface area contributed by atoms with E-state index in [9.17, 15) is 9.59 Å². The maximum atomic E-state index is 12.4. The first kappa shape index (κ1) is 20.9. The molecule has 3 aliphatic rings. The highest BCUT2D eigenvalue weighted by Crippen LogP contribution is 2.36. The van der Waals surface area contributed by atoms with Gasteiger partial charge in [0.25, 0.3) is 0 Å². The normalized spacial score (nSPS) is 26.4. The van der Waals surface area contributed by atoms with Gasteiger partial charge in [0.2, 0.25) is 5.91 Å². The Morgan fingerprint density at radius 1 is 1.30 bits per heavy atom. The van der Waals surface area contributed by atoms with Crippen LogP contribution in [0.4, 0.5) is 4.79 Å². The van der Waals surface area contributed by atoms with Gasteiger partial charge in [-0.05, 0) is 36.6 Å². The monoisotopic (exact) mass is 416 g/mol. The molecule has 3 atom stereocenters. The van der Waals surface area contributed by atoms with Gasteiger partial charge in [-0.15, -0.1) is 0 Å². The van der Waals surface area contributed by atoms with Crippen LogP contribution in [-0.4, -0.2) is 80.8 Å². The molecule has 164 valence electrons. The summed E-state index contributed by atoms with van der Waals surface area (Å²) < 4.78 is 11.2. The Balaban J connectivity index is 1.19. The molecule has 0 aliphatic carbocycles. The molecule has 0 saturated carbocycles. The lowest BCUT2D eigenvalue weighted by Crippen LogP contribution is -2.42. The topological polar surface area (TPSA) is 83.1 Å². The zero-order chi connectivity index (χ0) is 20.9. The molecule has 0 unspecified atom stereocenters. The zero-order valence-corrected chi connectivity index (χ0v) is 17.6. The number of rotatable bonds is 8. The third-order valence-electron chi connectivity index (χ3n) is 6.48. The van der Waals surface area contributed by atoms with Crippen LogP contribution in [-0.2, 0) is 16.1 Å². The highest BCUT2D eigenvalue weighted by molar-refractivity contribution is 5.77. The number of amides is 3. The van der Waals surface area contributed by atoms with E-state index in [4.69, 9.17) is 9.47 Å². The lowest BCUT2D eigenvalue weighted by molar-refractivity contribution is -0.123. The van der Waals surface area contributed by atoms with E-state index in [-0.39, 0.29) is 18.0 Å². The quantitative estimate of drug-likeness (QED) is 0.662. The molecule has 1 aromatic rings. The minimum atomic E-state index is -0.0485. The fourth-order valence-electron chi connectivity index (χ4n) is 4.81. The molecule has 8 heteroatoms. The molecule has 3 heterocycles. The van der Waals surface area contributed by atoms with Gasteiger partial charge >= 0.3 is 6.03 Å². The summed E-state index contributed by atoms with van der Waals surface area (Å²) in [6.07, 6.45) is 1.48. The maximum Gasteiger partial charge on any atom is 0.317 e. The van der Waals surface area contributed by atoms with Crippen LogP contribution in [0.5, 0.6) is 5.75 Å². The SMILES string of the molecule is COc1ccc(CN2CC[C@@H]3[C@@H](CO[C@H]3CC(=O)NCCN3CCNC3=O)C2)cc1. The average Bonchev–Trinajstić information content (AvgIpc) is 3.34. The Morgan fingerprint density at radius 2 is 2.13 bits per heavy atom. The summed E-state index contributed by atoms with van der Waals surface area (Å²) >= 11 is 0. The van der Waals surface area contributed by atoms with Crippen molar-refractivity contribution in [3.05, 3.63) is 29.8 Å². The summed E-state index contributed by atoms with van der Waals surface area (Å²) in [6, 6.07) is 8.20. The number of methoxy groups -OCH3 is 1. The largest absolute Gasteiger partial charge is 0.497 e. The number of carbonyl (C=O) groups excluding carboxylic acids is 2. The summed E-state index contributed by atoms with van der Waals surface area (Å²) in [5.74, 6) is 1.84. The van der Waals surface area contributed by atoms with Gasteiger partial charge in [-0.25, -0.2) is 4.79 Å². The summed E-state index contributed by atoms with van der Waals surface area (Å²) in [5.41, 5.74) is 1.29. The standard InChI is InChI=1S/C22H32N4O4/c1-29-18-4-2-16(3-5-18)13-25-9-6-19-17(14-25)15-30-20(19)12-21(27)23-7-10-26-11-8-24-22(26)28/h2-5,17,19-20H,6-15H2,1H3,(H,23,27)(H,24,28)/t17-,19-,20+/m1/s1. The Bertz CT molecular complexity index is 741. The highest BCUT2D eigenvalue weighted by Gasteiger charge is 2.41. The minimum Gasteiger partial charge on any atom is -0.497 e. The van der Waals surface area contributed by atoms with E-state index < -0.39 is 0 Å². The summed E-state index contributed by atoms with van der Waals surface area (Å²) in [5, 5.41) is 5.71. The molecule has 3 saturated heterocycles. The molecule has 0 spiro atoms. The van der Waals surface area contributed by atoms with E-state index in [0.29, 0.717) is 44.4 Å². The predicted molar refractivity (Wildman–Crippen MR) is 112 cm³/mol. The summed E-state index contributed by atoms with van der Waals surface area (Å²) in [6.45, 7) is 6.13. The van der Waals surface area contributed by atoms with E-state index >= 15 is 0 Å². The highest BCUT2D eigenvalue weighted by atomic mass is 16.5. The van der Waals surface area contributed by atoms with E-state index in [1.54, 1.807) is 12.0 Å². The minimum absolute atomic E-state index is 0.00761. The molecule has 0 radical (unpaired) electrons. The van der Waals surface area contributed by atoms with Gasteiger partial charge in [-0.2, -0.15) is 0 Å². The first-order valence-electron chi connectivity index (χ1n) is 10.9. The molecule has 1 aromatic carbocycles. The van der Waals surface area contributed by atoms with Crippen LogP contribution in [0, 0.1) is 11.8 Å². The number of ether oxygens (including phenoxy) is 2. The lowest BCUT2D eigenvalue weighted by Gasteiger charge is -2.35. The number of likely N-dealkylation sites (tertiary alicyclic amines) is 1. The van der Waals surface area contributed by atoms with Gasteiger partial charge in [0.15, 0.2) is 0 Å². The predicted octanol–water partition coefficient (Wildman–Crippen LogP) is 1.06. The third kappa shape index (κ3) is 5.05. The van der Waals surface area contributed by atoms with Crippen LogP contribution in [0.2, 0.25) is 0 Å². The van der Waals surface area contributed by atoms with E-state index in [0.717, 1.165) is 38.4 Å². The van der Waals surface area contributed by atoms with Gasteiger partial charge in [0.1, 0.15) is 5.75 Å². The molecule has 8 nitrogen and oxygen atoms in total. The molecule has 3 fully saturated rings. The number of urea groups is 1. The Labute approximate surface area is 177 Å². The molecule has 4 rings (SSSR count). The number of fused-ring (bicyclic) bond motifs is 1. The molecule has 0 bridgehead atoms. The van der Waals surface area contributed by atoms with Crippen LogP contribution in [0.15, 0.2) is 24.3 Å². The Hall–Kier alpha value is -2.32. The zero-order valence-electron chi connectivity index (χ0n) is 17.6. The number of piperidine rings is 1. The molecule has 2 N–H and O–H groups in total. The van der Waals surface area contributed by atoms with Crippen molar-refractivity contribution in [1.82, 2.24) is 20.4 Å². The Morgan fingerprint density at radius 3 is 2.87 bits per heavy atom. The van der Waals surface area contributed by atoms with E-state index in [1.165, 1.54) is 5.56 Å². The third-order valence-corrected chi connectivity index (χ3v) is 6.48. The van der Waals surface area contributed by atoms with Crippen molar-refractivity contribution < 1.29 is 19.1 Å². The van der Waals surface area contributed by atoms with Crippen molar-refractivity contribution >= 4 is 11.9 Å². The molecule has 30 heavy (non-hydrogen) atoms. The first-order valence-corrected chi connectivity index (χ1v) is 10.9. The molecule has 3 aliphatic heterocycles. The van der Waals surface area contributed by atoms with Crippen molar-refractivity contribution in [3.63, 3.8) is 0 Å². The molecular weight excluding hydrogens is 384 g/mol. The second-order valence-electron chi connectivity index (χ2n) is 8.44. The number of hydrogen-bond acceptors (Lipinski definition) is 5. The van der Waals surface area contributed by atoms with E-state index in [2.05, 4.69) is 27.7 Å². The molecule has 3 amide bonds. The smallest absolute Gasteiger partial charge is 0.317 e. The average molecular weight is 417 g/mol. The lowest BCUT2D eigenvalue weighted by atomic mass is 9.83. The van der Waals surface area contributed by atoms with Crippen LogP contribution in [0.3, 0.4) is 0 Å². The fraction of sp³-hybridized carbons (Fsp3) is 0.636. The van der Waals surface area contributed by atoms with Crippen molar-refractivity contribution in [2.45, 2.75) is 25.5 Å². The summed E-state index contributed by atoms with van der Waals surface area (Å²) in [7, 11) is 1.68. The van der Waals surface area contributed by atoms with Crippen LogP contribution in [0.1, 0.15) is 18.4 Å². The van der Waals surface area contributed by atoms with Crippen molar-refractivity contribution in [2.24, 2.45) is 11.8 Å². The number of nitrogens with one attached hydrogen (secondary N) is 2. The number of carbonyl (C=O) groups is 2. The number of hydrogen-bond donors (Lipinski definition) is 2. The Kier molecular flexibility index (Phi) is 6.74. The number of benzene rings is 1. The maximum absolute atomic E-state index is 12.4. The van der Waals surface area contributed by atoms with Gasteiger partial charge in [0.05, 0.1) is 26.2 Å². The van der Waals surface area contributed by atoms with Gasteiger partial charge < -0.3 is 25.0 Å². The van der Waals surface area contributed by atoms with Gasteiger partial charge in [0, 0.05) is 45.2 Å². The van der Waals surface area contributed by atoms with Crippen LogP contribution < -0.4 is 15.4 Å². The fourth-order valence-corrected chi connectivity index (χ4v) is 4.81. The van der Waals surface area contributed by atoms with Gasteiger partial charge in [-0.1, -0.05) is 12.1 Å². The van der Waals surface area contributed by atoms with E-state index in [1.807, 2.05) is 12.1 Å². The van der Waals surface area contributed by atoms with Crippen molar-refractivity contribution in [3.8, 4) is 5.75 Å². The van der Waals surface area contributed by atoms with Crippen LogP contribution in [0.25, 0.3) is 0 Å². The van der Waals surface area contributed by atoms with Crippen molar-refractivity contribution in [1.29, 1.82) is 0 Å². The van der Waals surface area contributed by atoms with Gasteiger partial charge in [-0.3, -0.25) is 9.69 Å². The summed E-state index contributed by atoms with van der Waals surface area (Å²) in [4.78, 5) is 28.1. The first-order chi connectivity index (χ1) is 14.6. The molecular formula is C22H32N4O4. The second-order valence-corrected chi connectivity index (χ2v) is 8.44.